The van der Waals surface area contributed by atoms with E-state index in [-0.39, 0.29) is 23.4 Å². The van der Waals surface area contributed by atoms with E-state index in [4.69, 9.17) is 4.74 Å². The van der Waals surface area contributed by atoms with Crippen molar-refractivity contribution < 1.29 is 19.2 Å². The number of non-ortho nitro benzene ring substituents is 1. The molecule has 0 unspecified atom stereocenters. The summed E-state index contributed by atoms with van der Waals surface area (Å²) in [5, 5.41) is 14.6. The average Bonchev–Trinajstić information content (AvgIpc) is 3.57. The topological polar surface area (TPSA) is 115 Å². The van der Waals surface area contributed by atoms with Crippen LogP contribution in [0.2, 0.25) is 0 Å². The number of carbonyl (C=O) groups is 2. The number of aromatic nitrogens is 1. The summed E-state index contributed by atoms with van der Waals surface area (Å²) in [6, 6.07) is 15.2. The summed E-state index contributed by atoms with van der Waals surface area (Å²) in [4.78, 5) is 45.8. The van der Waals surface area contributed by atoms with Crippen LogP contribution in [-0.4, -0.2) is 46.2 Å². The fourth-order valence-corrected chi connectivity index (χ4v) is 6.57. The zero-order valence-corrected chi connectivity index (χ0v) is 19.6. The number of Topliss-reactive ketones (excluding diaryl/α,β-unsaturated/α-hetero) is 1. The number of rotatable bonds is 5. The standard InChI is InChI=1S/C27H24N4O5/c1-36-19-9-10-21-20(14-19)27(26(33)29-21)24(25(32)17-6-3-11-28-15-17)23(22-8-4-12-30(22)27)16-5-2-7-18(13-16)31(34)35/h2-3,5-7,9-11,13-15,22-24H,4,8,12H2,1H3,(H,29,33)/t22-,23+,24+,27-/m1/s1. The molecular weight excluding hydrogens is 460 g/mol. The van der Waals surface area contributed by atoms with Crippen molar-refractivity contribution in [2.24, 2.45) is 5.92 Å². The monoisotopic (exact) mass is 484 g/mol. The number of methoxy groups -OCH3 is 1. The van der Waals surface area contributed by atoms with Gasteiger partial charge in [0.25, 0.3) is 5.69 Å². The van der Waals surface area contributed by atoms with E-state index in [9.17, 15) is 19.7 Å². The van der Waals surface area contributed by atoms with Gasteiger partial charge in [-0.05, 0) is 55.3 Å². The number of nitro groups is 1. The van der Waals surface area contributed by atoms with Crippen LogP contribution >= 0.6 is 0 Å². The van der Waals surface area contributed by atoms with Crippen molar-refractivity contribution in [1.29, 1.82) is 0 Å². The number of nitro benzene ring substituents is 1. The van der Waals surface area contributed by atoms with Crippen molar-refractivity contribution in [1.82, 2.24) is 9.88 Å². The molecule has 3 aromatic rings. The maximum Gasteiger partial charge on any atom is 0.269 e. The lowest BCUT2D eigenvalue weighted by Gasteiger charge is -2.37. The number of carbonyl (C=O) groups excluding carboxylic acids is 2. The Balaban J connectivity index is 1.63. The number of hydrogen-bond acceptors (Lipinski definition) is 7. The Morgan fingerprint density at radius 3 is 2.83 bits per heavy atom. The molecule has 4 atom stereocenters. The van der Waals surface area contributed by atoms with Crippen LogP contribution in [0.15, 0.2) is 67.0 Å². The number of nitrogens with zero attached hydrogens (tertiary/aromatic N) is 3. The summed E-state index contributed by atoms with van der Waals surface area (Å²) in [5.41, 5.74) is 1.13. The summed E-state index contributed by atoms with van der Waals surface area (Å²) in [6.07, 6.45) is 4.75. The third kappa shape index (κ3) is 3.02. The highest BCUT2D eigenvalue weighted by molar-refractivity contribution is 6.12. The molecule has 1 amide bonds. The second-order valence-corrected chi connectivity index (χ2v) is 9.50. The minimum absolute atomic E-state index is 0.0384. The number of benzene rings is 2. The van der Waals surface area contributed by atoms with Gasteiger partial charge < -0.3 is 10.1 Å². The van der Waals surface area contributed by atoms with Gasteiger partial charge in [-0.1, -0.05) is 12.1 Å². The van der Waals surface area contributed by atoms with Gasteiger partial charge in [0, 0.05) is 53.3 Å². The van der Waals surface area contributed by atoms with E-state index in [1.165, 1.54) is 12.3 Å². The third-order valence-corrected chi connectivity index (χ3v) is 7.90. The molecule has 36 heavy (non-hydrogen) atoms. The Labute approximate surface area is 207 Å². The summed E-state index contributed by atoms with van der Waals surface area (Å²) in [5.74, 6) is -1.12. The van der Waals surface area contributed by atoms with Gasteiger partial charge in [0.1, 0.15) is 11.3 Å². The molecule has 182 valence electrons. The predicted molar refractivity (Wildman–Crippen MR) is 131 cm³/mol. The van der Waals surface area contributed by atoms with Crippen LogP contribution in [-0.2, 0) is 10.3 Å². The molecule has 2 fully saturated rings. The number of amides is 1. The van der Waals surface area contributed by atoms with Crippen LogP contribution in [0.5, 0.6) is 5.75 Å². The SMILES string of the molecule is COc1ccc2c(c1)[C@]1(C(=O)N2)[C@H](C(=O)c2cccnc2)[C@@H](c2cccc([N+](=O)[O-])c2)[C@H]2CCCN21. The molecule has 0 bridgehead atoms. The van der Waals surface area contributed by atoms with Gasteiger partial charge >= 0.3 is 0 Å². The molecule has 2 saturated heterocycles. The minimum atomic E-state index is -1.27. The van der Waals surface area contributed by atoms with E-state index in [0.717, 1.165) is 12.8 Å². The summed E-state index contributed by atoms with van der Waals surface area (Å²) < 4.78 is 5.50. The van der Waals surface area contributed by atoms with Crippen molar-refractivity contribution in [3.8, 4) is 5.75 Å². The lowest BCUT2D eigenvalue weighted by Crippen LogP contribution is -2.52. The Kier molecular flexibility index (Phi) is 5.11. The normalized spacial score (nSPS) is 26.5. The Morgan fingerprint density at radius 1 is 1.22 bits per heavy atom. The highest BCUT2D eigenvalue weighted by Gasteiger charge is 2.69. The average molecular weight is 485 g/mol. The number of ketones is 1. The zero-order valence-electron chi connectivity index (χ0n) is 19.6. The molecule has 1 aromatic heterocycles. The first-order chi connectivity index (χ1) is 17.5. The van der Waals surface area contributed by atoms with Gasteiger partial charge in [-0.3, -0.25) is 29.6 Å². The largest absolute Gasteiger partial charge is 0.497 e. The third-order valence-electron chi connectivity index (χ3n) is 7.90. The second kappa shape index (κ2) is 8.23. The van der Waals surface area contributed by atoms with Crippen molar-refractivity contribution in [2.75, 3.05) is 19.0 Å². The fraction of sp³-hybridized carbons (Fsp3) is 0.296. The van der Waals surface area contributed by atoms with E-state index >= 15 is 0 Å². The van der Waals surface area contributed by atoms with Gasteiger partial charge in [-0.2, -0.15) is 0 Å². The fourth-order valence-electron chi connectivity index (χ4n) is 6.57. The molecule has 2 aromatic carbocycles. The highest BCUT2D eigenvalue weighted by atomic mass is 16.6. The molecule has 0 radical (unpaired) electrons. The van der Waals surface area contributed by atoms with E-state index in [2.05, 4.69) is 15.2 Å². The maximum atomic E-state index is 14.3. The lowest BCUT2D eigenvalue weighted by molar-refractivity contribution is -0.384. The van der Waals surface area contributed by atoms with Gasteiger partial charge in [-0.25, -0.2) is 0 Å². The number of ether oxygens (including phenoxy) is 1. The minimum Gasteiger partial charge on any atom is -0.497 e. The first kappa shape index (κ1) is 22.4. The van der Waals surface area contributed by atoms with E-state index in [0.29, 0.717) is 34.7 Å². The molecule has 9 nitrogen and oxygen atoms in total. The molecule has 0 aliphatic carbocycles. The Hall–Kier alpha value is -4.11. The summed E-state index contributed by atoms with van der Waals surface area (Å²) >= 11 is 0. The van der Waals surface area contributed by atoms with E-state index in [1.807, 2.05) is 12.1 Å². The van der Waals surface area contributed by atoms with Crippen LogP contribution in [0, 0.1) is 16.0 Å². The van der Waals surface area contributed by atoms with Crippen molar-refractivity contribution in [3.63, 3.8) is 0 Å². The van der Waals surface area contributed by atoms with Crippen LogP contribution in [0.4, 0.5) is 11.4 Å². The quantitative estimate of drug-likeness (QED) is 0.332. The van der Waals surface area contributed by atoms with Gasteiger partial charge in [0.15, 0.2) is 5.78 Å². The van der Waals surface area contributed by atoms with Crippen LogP contribution in [0.3, 0.4) is 0 Å². The molecule has 1 spiro atoms. The van der Waals surface area contributed by atoms with Gasteiger partial charge in [0.2, 0.25) is 5.91 Å². The van der Waals surface area contributed by atoms with Crippen LogP contribution in [0.1, 0.15) is 40.2 Å². The molecule has 1 N–H and O–H groups in total. The molecule has 3 aliphatic heterocycles. The van der Waals surface area contributed by atoms with Crippen LogP contribution in [0.25, 0.3) is 0 Å². The highest BCUT2D eigenvalue weighted by Crippen LogP contribution is 2.61. The van der Waals surface area contributed by atoms with Gasteiger partial charge in [-0.15, -0.1) is 0 Å². The maximum absolute atomic E-state index is 14.3. The molecule has 9 heteroatoms. The first-order valence-corrected chi connectivity index (χ1v) is 11.9. The summed E-state index contributed by atoms with van der Waals surface area (Å²) in [6.45, 7) is 0.636. The van der Waals surface area contributed by atoms with Crippen molar-refractivity contribution >= 4 is 23.1 Å². The van der Waals surface area contributed by atoms with Gasteiger partial charge in [0.05, 0.1) is 18.0 Å². The molecular formula is C27H24N4O5. The smallest absolute Gasteiger partial charge is 0.269 e. The van der Waals surface area contributed by atoms with E-state index < -0.39 is 22.3 Å². The van der Waals surface area contributed by atoms with Crippen molar-refractivity contribution in [2.45, 2.75) is 30.3 Å². The predicted octanol–water partition coefficient (Wildman–Crippen LogP) is 3.91. The molecule has 6 rings (SSSR count). The second-order valence-electron chi connectivity index (χ2n) is 9.50. The number of anilines is 1. The Bertz CT molecular complexity index is 1390. The molecule has 0 saturated carbocycles. The molecule has 3 aliphatic rings. The Morgan fingerprint density at radius 2 is 2.08 bits per heavy atom. The van der Waals surface area contributed by atoms with Crippen molar-refractivity contribution in [3.05, 3.63) is 93.8 Å². The number of pyridine rings is 1. The lowest BCUT2D eigenvalue weighted by atomic mass is 9.69. The first-order valence-electron chi connectivity index (χ1n) is 11.9. The summed E-state index contributed by atoms with van der Waals surface area (Å²) in [7, 11) is 1.57. The number of nitrogens with one attached hydrogen (secondary N) is 1. The van der Waals surface area contributed by atoms with Crippen LogP contribution < -0.4 is 10.1 Å². The van der Waals surface area contributed by atoms with E-state index in [1.54, 1.807) is 49.7 Å². The number of fused-ring (bicyclic) bond motifs is 4. The number of hydrogen-bond donors (Lipinski definition) is 1. The zero-order chi connectivity index (χ0) is 25.0. The molecule has 4 heterocycles.